The molecule has 0 saturated heterocycles. The van der Waals surface area contributed by atoms with Crippen LogP contribution in [-0.4, -0.2) is 31.1 Å². The van der Waals surface area contributed by atoms with Gasteiger partial charge in [0.05, 0.1) is 18.9 Å². The van der Waals surface area contributed by atoms with Gasteiger partial charge < -0.3 is 19.4 Å². The van der Waals surface area contributed by atoms with Crippen molar-refractivity contribution >= 4 is 6.03 Å². The summed E-state index contributed by atoms with van der Waals surface area (Å²) in [7, 11) is 1.77. The summed E-state index contributed by atoms with van der Waals surface area (Å²) in [6.45, 7) is 3.32. The molecule has 1 aliphatic rings. The summed E-state index contributed by atoms with van der Waals surface area (Å²) in [5, 5.41) is 2.96. The Bertz CT molecular complexity index is 667. The molecular weight excluding hydrogens is 292 g/mol. The van der Waals surface area contributed by atoms with Crippen LogP contribution < -0.4 is 10.1 Å². The van der Waals surface area contributed by atoms with Crippen molar-refractivity contribution in [1.29, 1.82) is 0 Å². The second kappa shape index (κ2) is 6.77. The molecule has 2 amide bonds. The standard InChI is InChI=1S/C18H22N2O3/c1-13(16-4-3-10-22-16)20(2)18(21)19-9-7-14-5-6-17-15(12-14)8-11-23-17/h3-6,10,12-13H,7-9,11H2,1-2H3,(H,19,21). The summed E-state index contributed by atoms with van der Waals surface area (Å²) in [5.41, 5.74) is 2.48. The number of benzene rings is 1. The van der Waals surface area contributed by atoms with Crippen molar-refractivity contribution in [3.8, 4) is 5.75 Å². The van der Waals surface area contributed by atoms with Crippen molar-refractivity contribution in [2.75, 3.05) is 20.2 Å². The monoisotopic (exact) mass is 314 g/mol. The van der Waals surface area contributed by atoms with Gasteiger partial charge in [0.15, 0.2) is 0 Å². The lowest BCUT2D eigenvalue weighted by Crippen LogP contribution is -2.39. The molecule has 23 heavy (non-hydrogen) atoms. The Morgan fingerprint density at radius 3 is 3.04 bits per heavy atom. The summed E-state index contributed by atoms with van der Waals surface area (Å²) >= 11 is 0. The van der Waals surface area contributed by atoms with Gasteiger partial charge in [-0.15, -0.1) is 0 Å². The largest absolute Gasteiger partial charge is 0.493 e. The molecule has 2 aromatic rings. The first kappa shape index (κ1) is 15.5. The molecule has 5 heteroatoms. The minimum absolute atomic E-state index is 0.0952. The van der Waals surface area contributed by atoms with Crippen LogP contribution in [0.1, 0.15) is 29.9 Å². The van der Waals surface area contributed by atoms with Crippen molar-refractivity contribution < 1.29 is 13.9 Å². The molecule has 1 aromatic heterocycles. The van der Waals surface area contributed by atoms with E-state index >= 15 is 0 Å². The smallest absolute Gasteiger partial charge is 0.317 e. The molecule has 3 rings (SSSR count). The fourth-order valence-electron chi connectivity index (χ4n) is 2.73. The van der Waals surface area contributed by atoms with Crippen LogP contribution in [0.5, 0.6) is 5.75 Å². The van der Waals surface area contributed by atoms with Gasteiger partial charge in [-0.1, -0.05) is 12.1 Å². The van der Waals surface area contributed by atoms with E-state index in [2.05, 4.69) is 17.4 Å². The number of nitrogens with one attached hydrogen (secondary N) is 1. The van der Waals surface area contributed by atoms with E-state index in [1.807, 2.05) is 25.1 Å². The third-order valence-corrected chi connectivity index (χ3v) is 4.30. The minimum atomic E-state index is -0.0987. The number of carbonyl (C=O) groups excluding carboxylic acids is 1. The Balaban J connectivity index is 1.49. The van der Waals surface area contributed by atoms with Crippen molar-refractivity contribution in [2.24, 2.45) is 0 Å². The van der Waals surface area contributed by atoms with E-state index in [-0.39, 0.29) is 12.1 Å². The molecule has 1 unspecified atom stereocenters. The number of hydrogen-bond acceptors (Lipinski definition) is 3. The maximum atomic E-state index is 12.2. The summed E-state index contributed by atoms with van der Waals surface area (Å²) in [6.07, 6.45) is 3.40. The highest BCUT2D eigenvalue weighted by Gasteiger charge is 2.19. The Hall–Kier alpha value is -2.43. The normalized spacial score (nSPS) is 14.0. The van der Waals surface area contributed by atoms with Gasteiger partial charge in [-0.3, -0.25) is 0 Å². The Morgan fingerprint density at radius 1 is 1.39 bits per heavy atom. The summed E-state index contributed by atoms with van der Waals surface area (Å²) in [4.78, 5) is 13.9. The molecular formula is C18H22N2O3. The number of furan rings is 1. The zero-order chi connectivity index (χ0) is 16.2. The van der Waals surface area contributed by atoms with Gasteiger partial charge in [-0.25, -0.2) is 4.79 Å². The molecule has 0 spiro atoms. The SMILES string of the molecule is CC(c1ccco1)N(C)C(=O)NCCc1ccc2c(c1)CCO2. The number of amides is 2. The van der Waals surface area contributed by atoms with Gasteiger partial charge in [-0.2, -0.15) is 0 Å². The molecule has 2 heterocycles. The second-order valence-corrected chi connectivity index (χ2v) is 5.82. The number of ether oxygens (including phenoxy) is 1. The van der Waals surface area contributed by atoms with E-state index in [1.54, 1.807) is 18.2 Å². The minimum Gasteiger partial charge on any atom is -0.493 e. The molecule has 122 valence electrons. The maximum absolute atomic E-state index is 12.2. The average Bonchev–Trinajstić information content (AvgIpc) is 3.24. The van der Waals surface area contributed by atoms with E-state index < -0.39 is 0 Å². The van der Waals surface area contributed by atoms with Crippen molar-refractivity contribution in [3.63, 3.8) is 0 Å². The fraction of sp³-hybridized carbons (Fsp3) is 0.389. The van der Waals surface area contributed by atoms with Gasteiger partial charge in [-0.05, 0) is 42.7 Å². The zero-order valence-electron chi connectivity index (χ0n) is 13.5. The van der Waals surface area contributed by atoms with Crippen LogP contribution in [0.4, 0.5) is 4.79 Å². The van der Waals surface area contributed by atoms with Crippen LogP contribution in [-0.2, 0) is 12.8 Å². The molecule has 0 fully saturated rings. The lowest BCUT2D eigenvalue weighted by atomic mass is 10.1. The fourth-order valence-corrected chi connectivity index (χ4v) is 2.73. The lowest BCUT2D eigenvalue weighted by molar-refractivity contribution is 0.187. The number of hydrogen-bond donors (Lipinski definition) is 1. The molecule has 1 N–H and O–H groups in total. The van der Waals surface area contributed by atoms with Crippen LogP contribution >= 0.6 is 0 Å². The first-order valence-corrected chi connectivity index (χ1v) is 7.94. The van der Waals surface area contributed by atoms with E-state index in [1.165, 1.54) is 11.1 Å². The number of fused-ring (bicyclic) bond motifs is 1. The predicted octanol–water partition coefficient (Wildman–Crippen LogP) is 3.16. The summed E-state index contributed by atoms with van der Waals surface area (Å²) in [5.74, 6) is 1.77. The first-order valence-electron chi connectivity index (χ1n) is 7.94. The zero-order valence-corrected chi connectivity index (χ0v) is 13.5. The molecule has 1 aromatic carbocycles. The molecule has 0 saturated carbocycles. The molecule has 0 aliphatic carbocycles. The van der Waals surface area contributed by atoms with E-state index in [0.29, 0.717) is 6.54 Å². The van der Waals surface area contributed by atoms with E-state index in [4.69, 9.17) is 9.15 Å². The lowest BCUT2D eigenvalue weighted by Gasteiger charge is -2.23. The number of carbonyl (C=O) groups is 1. The molecule has 0 bridgehead atoms. The van der Waals surface area contributed by atoms with Crippen LogP contribution in [0.2, 0.25) is 0 Å². The van der Waals surface area contributed by atoms with Gasteiger partial charge in [0, 0.05) is 20.0 Å². The maximum Gasteiger partial charge on any atom is 0.317 e. The van der Waals surface area contributed by atoms with Crippen LogP contribution in [0.15, 0.2) is 41.0 Å². The van der Waals surface area contributed by atoms with Gasteiger partial charge in [0.1, 0.15) is 11.5 Å². The summed E-state index contributed by atoms with van der Waals surface area (Å²) in [6, 6.07) is 9.76. The van der Waals surface area contributed by atoms with E-state index in [0.717, 1.165) is 31.0 Å². The molecule has 0 radical (unpaired) electrons. The molecule has 1 atom stereocenters. The predicted molar refractivity (Wildman–Crippen MR) is 87.6 cm³/mol. The van der Waals surface area contributed by atoms with E-state index in [9.17, 15) is 4.79 Å². The van der Waals surface area contributed by atoms with Gasteiger partial charge in [0.2, 0.25) is 0 Å². The van der Waals surface area contributed by atoms with Crippen molar-refractivity contribution in [2.45, 2.75) is 25.8 Å². The van der Waals surface area contributed by atoms with Gasteiger partial charge in [0.25, 0.3) is 0 Å². The van der Waals surface area contributed by atoms with Crippen LogP contribution in [0, 0.1) is 0 Å². The van der Waals surface area contributed by atoms with Crippen molar-refractivity contribution in [3.05, 3.63) is 53.5 Å². The number of nitrogens with zero attached hydrogens (tertiary/aromatic N) is 1. The summed E-state index contributed by atoms with van der Waals surface area (Å²) < 4.78 is 10.9. The molecule has 1 aliphatic heterocycles. The van der Waals surface area contributed by atoms with Crippen LogP contribution in [0.25, 0.3) is 0 Å². The Labute approximate surface area is 136 Å². The van der Waals surface area contributed by atoms with Crippen molar-refractivity contribution in [1.82, 2.24) is 10.2 Å². The second-order valence-electron chi connectivity index (χ2n) is 5.82. The average molecular weight is 314 g/mol. The number of rotatable bonds is 5. The topological polar surface area (TPSA) is 54.7 Å². The third-order valence-electron chi connectivity index (χ3n) is 4.30. The molecule has 5 nitrogen and oxygen atoms in total. The van der Waals surface area contributed by atoms with Gasteiger partial charge >= 0.3 is 6.03 Å². The highest BCUT2D eigenvalue weighted by atomic mass is 16.5. The third kappa shape index (κ3) is 3.50. The van der Waals surface area contributed by atoms with Crippen LogP contribution in [0.3, 0.4) is 0 Å². The Kier molecular flexibility index (Phi) is 4.55. The first-order chi connectivity index (χ1) is 11.1. The Morgan fingerprint density at radius 2 is 2.26 bits per heavy atom. The number of urea groups is 1. The quantitative estimate of drug-likeness (QED) is 0.922. The highest BCUT2D eigenvalue weighted by Crippen LogP contribution is 2.26. The highest BCUT2D eigenvalue weighted by molar-refractivity contribution is 5.74.